The van der Waals surface area contributed by atoms with Crippen molar-refractivity contribution in [3.8, 4) is 5.88 Å². The Bertz CT molecular complexity index is 524. The molecule has 2 rings (SSSR count). The van der Waals surface area contributed by atoms with Gasteiger partial charge in [-0.15, -0.1) is 0 Å². The Morgan fingerprint density at radius 2 is 2.26 bits per heavy atom. The van der Waals surface area contributed by atoms with Crippen LogP contribution in [0.5, 0.6) is 5.88 Å². The highest BCUT2D eigenvalue weighted by Crippen LogP contribution is 2.25. The quantitative estimate of drug-likeness (QED) is 0.867. The highest BCUT2D eigenvalue weighted by atomic mass is 16.5. The van der Waals surface area contributed by atoms with E-state index in [4.69, 9.17) is 4.74 Å². The van der Waals surface area contributed by atoms with Gasteiger partial charge in [-0.3, -0.25) is 4.68 Å². The molecular weight excluding hydrogens is 240 g/mol. The Balaban J connectivity index is 2.11. The fraction of sp³-hybridized carbons (Fsp3) is 0.429. The van der Waals surface area contributed by atoms with E-state index in [1.54, 1.807) is 6.20 Å². The standard InChI is InChI=1S/C14H20N4O/c1-4-18-10-12(9-16-18)11(3)17-13-7-6-8-15-14(13)19-5-2/h6-11,17H,4-5H2,1-3H3. The maximum absolute atomic E-state index is 5.51. The summed E-state index contributed by atoms with van der Waals surface area (Å²) in [4.78, 5) is 4.23. The van der Waals surface area contributed by atoms with Crippen LogP contribution in [0.15, 0.2) is 30.7 Å². The fourth-order valence-electron chi connectivity index (χ4n) is 1.85. The van der Waals surface area contributed by atoms with Gasteiger partial charge in [0.25, 0.3) is 0 Å². The van der Waals surface area contributed by atoms with Gasteiger partial charge in [0.15, 0.2) is 0 Å². The van der Waals surface area contributed by atoms with Gasteiger partial charge in [-0.05, 0) is 32.9 Å². The Labute approximate surface area is 113 Å². The molecule has 5 nitrogen and oxygen atoms in total. The first-order valence-electron chi connectivity index (χ1n) is 6.61. The van der Waals surface area contributed by atoms with E-state index < -0.39 is 0 Å². The molecule has 102 valence electrons. The number of hydrogen-bond acceptors (Lipinski definition) is 4. The van der Waals surface area contributed by atoms with Gasteiger partial charge in [0.1, 0.15) is 0 Å². The van der Waals surface area contributed by atoms with Crippen LogP contribution >= 0.6 is 0 Å². The number of pyridine rings is 1. The van der Waals surface area contributed by atoms with Gasteiger partial charge in [0.2, 0.25) is 5.88 Å². The van der Waals surface area contributed by atoms with E-state index >= 15 is 0 Å². The number of hydrogen-bond donors (Lipinski definition) is 1. The van der Waals surface area contributed by atoms with Crippen LogP contribution in [0, 0.1) is 0 Å². The smallest absolute Gasteiger partial charge is 0.237 e. The molecule has 0 saturated heterocycles. The van der Waals surface area contributed by atoms with E-state index in [0.29, 0.717) is 12.5 Å². The first-order valence-corrected chi connectivity index (χ1v) is 6.61. The highest BCUT2D eigenvalue weighted by Gasteiger charge is 2.11. The summed E-state index contributed by atoms with van der Waals surface area (Å²) in [7, 11) is 0. The summed E-state index contributed by atoms with van der Waals surface area (Å²) in [6.45, 7) is 7.60. The van der Waals surface area contributed by atoms with E-state index in [1.165, 1.54) is 0 Å². The van der Waals surface area contributed by atoms with Crippen molar-refractivity contribution in [2.45, 2.75) is 33.4 Å². The molecule has 1 atom stereocenters. The second-order valence-corrected chi connectivity index (χ2v) is 4.28. The molecule has 0 saturated carbocycles. The zero-order chi connectivity index (χ0) is 13.7. The third-order valence-corrected chi connectivity index (χ3v) is 2.90. The summed E-state index contributed by atoms with van der Waals surface area (Å²) >= 11 is 0. The van der Waals surface area contributed by atoms with Gasteiger partial charge in [-0.25, -0.2) is 4.98 Å². The monoisotopic (exact) mass is 260 g/mol. The molecule has 0 bridgehead atoms. The molecule has 0 aliphatic rings. The van der Waals surface area contributed by atoms with Crippen LogP contribution in [0.25, 0.3) is 0 Å². The number of rotatable bonds is 6. The molecular formula is C14H20N4O. The zero-order valence-corrected chi connectivity index (χ0v) is 11.6. The summed E-state index contributed by atoms with van der Waals surface area (Å²) in [5.41, 5.74) is 2.05. The molecule has 1 unspecified atom stereocenters. The van der Waals surface area contributed by atoms with E-state index in [2.05, 4.69) is 29.2 Å². The Morgan fingerprint density at radius 1 is 1.42 bits per heavy atom. The van der Waals surface area contributed by atoms with Crippen LogP contribution in [0.1, 0.15) is 32.4 Å². The third kappa shape index (κ3) is 3.24. The lowest BCUT2D eigenvalue weighted by Gasteiger charge is -2.16. The molecule has 0 aliphatic carbocycles. The van der Waals surface area contributed by atoms with Crippen molar-refractivity contribution in [3.63, 3.8) is 0 Å². The third-order valence-electron chi connectivity index (χ3n) is 2.90. The largest absolute Gasteiger partial charge is 0.476 e. The topological polar surface area (TPSA) is 52.0 Å². The first-order chi connectivity index (χ1) is 9.24. The zero-order valence-electron chi connectivity index (χ0n) is 11.6. The van der Waals surface area contributed by atoms with Crippen molar-refractivity contribution in [1.82, 2.24) is 14.8 Å². The number of nitrogens with one attached hydrogen (secondary N) is 1. The molecule has 0 radical (unpaired) electrons. The van der Waals surface area contributed by atoms with Crippen molar-refractivity contribution in [1.29, 1.82) is 0 Å². The Morgan fingerprint density at radius 3 is 2.95 bits per heavy atom. The van der Waals surface area contributed by atoms with E-state index in [-0.39, 0.29) is 6.04 Å². The summed E-state index contributed by atoms with van der Waals surface area (Å²) in [5.74, 6) is 0.639. The molecule has 2 aromatic heterocycles. The predicted octanol–water partition coefficient (Wildman–Crippen LogP) is 2.87. The average Bonchev–Trinajstić information content (AvgIpc) is 2.90. The molecule has 0 fully saturated rings. The van der Waals surface area contributed by atoms with Crippen LogP contribution in [-0.4, -0.2) is 21.4 Å². The predicted molar refractivity (Wildman–Crippen MR) is 75.3 cm³/mol. The molecule has 5 heteroatoms. The summed E-state index contributed by atoms with van der Waals surface area (Å²) in [5, 5.41) is 7.69. The van der Waals surface area contributed by atoms with E-state index in [9.17, 15) is 0 Å². The van der Waals surface area contributed by atoms with Gasteiger partial charge in [0, 0.05) is 24.5 Å². The minimum absolute atomic E-state index is 0.156. The number of ether oxygens (including phenoxy) is 1. The molecule has 1 N–H and O–H groups in total. The first kappa shape index (κ1) is 13.4. The number of aromatic nitrogens is 3. The van der Waals surface area contributed by atoms with Gasteiger partial charge in [-0.2, -0.15) is 5.10 Å². The molecule has 0 spiro atoms. The van der Waals surface area contributed by atoms with Crippen LogP contribution in [0.3, 0.4) is 0 Å². The van der Waals surface area contributed by atoms with Crippen LogP contribution < -0.4 is 10.1 Å². The van der Waals surface area contributed by atoms with Crippen molar-refractivity contribution in [2.75, 3.05) is 11.9 Å². The number of nitrogens with zero attached hydrogens (tertiary/aromatic N) is 3. The lowest BCUT2D eigenvalue weighted by molar-refractivity contribution is 0.328. The summed E-state index contributed by atoms with van der Waals surface area (Å²) in [6, 6.07) is 4.02. The Hall–Kier alpha value is -2.04. The second kappa shape index (κ2) is 6.22. The number of aryl methyl sites for hydroxylation is 1. The minimum Gasteiger partial charge on any atom is -0.476 e. The summed E-state index contributed by atoms with van der Waals surface area (Å²) < 4.78 is 7.42. The van der Waals surface area contributed by atoms with Gasteiger partial charge in [-0.1, -0.05) is 0 Å². The van der Waals surface area contributed by atoms with Crippen molar-refractivity contribution < 1.29 is 4.74 Å². The lowest BCUT2D eigenvalue weighted by atomic mass is 10.2. The second-order valence-electron chi connectivity index (χ2n) is 4.28. The van der Waals surface area contributed by atoms with Gasteiger partial charge < -0.3 is 10.1 Å². The maximum atomic E-state index is 5.51. The molecule has 19 heavy (non-hydrogen) atoms. The van der Waals surface area contributed by atoms with Crippen molar-refractivity contribution in [2.24, 2.45) is 0 Å². The maximum Gasteiger partial charge on any atom is 0.237 e. The van der Waals surface area contributed by atoms with E-state index in [1.807, 2.05) is 36.1 Å². The highest BCUT2D eigenvalue weighted by molar-refractivity contribution is 5.53. The number of anilines is 1. The van der Waals surface area contributed by atoms with Gasteiger partial charge >= 0.3 is 0 Å². The molecule has 2 heterocycles. The molecule has 0 aliphatic heterocycles. The normalized spacial score (nSPS) is 12.2. The van der Waals surface area contributed by atoms with Crippen LogP contribution in [0.4, 0.5) is 5.69 Å². The van der Waals surface area contributed by atoms with Crippen molar-refractivity contribution >= 4 is 5.69 Å². The lowest BCUT2D eigenvalue weighted by Crippen LogP contribution is -2.08. The fourth-order valence-corrected chi connectivity index (χ4v) is 1.85. The van der Waals surface area contributed by atoms with Crippen molar-refractivity contribution in [3.05, 3.63) is 36.3 Å². The average molecular weight is 260 g/mol. The Kier molecular flexibility index (Phi) is 4.39. The van der Waals surface area contributed by atoms with Crippen LogP contribution in [-0.2, 0) is 6.54 Å². The van der Waals surface area contributed by atoms with Gasteiger partial charge in [0.05, 0.1) is 24.5 Å². The molecule has 0 aromatic carbocycles. The summed E-state index contributed by atoms with van der Waals surface area (Å²) in [6.07, 6.45) is 5.67. The minimum atomic E-state index is 0.156. The van der Waals surface area contributed by atoms with Crippen LogP contribution in [0.2, 0.25) is 0 Å². The molecule has 0 amide bonds. The SMILES string of the molecule is CCOc1ncccc1NC(C)c1cnn(CC)c1. The molecule has 2 aromatic rings. The van der Waals surface area contributed by atoms with E-state index in [0.717, 1.165) is 17.8 Å².